The highest BCUT2D eigenvalue weighted by molar-refractivity contribution is 6.52. The van der Waals surface area contributed by atoms with E-state index in [-0.39, 0.29) is 11.8 Å². The second kappa shape index (κ2) is 4.73. The lowest BCUT2D eigenvalue weighted by atomic mass is 9.83. The Morgan fingerprint density at radius 2 is 2.00 bits per heavy atom. The lowest BCUT2D eigenvalue weighted by molar-refractivity contribution is -0.123. The van der Waals surface area contributed by atoms with Crippen molar-refractivity contribution >= 4 is 29.1 Å². The number of hydrogen-bond acceptors (Lipinski definition) is 1. The van der Waals surface area contributed by atoms with Crippen molar-refractivity contribution in [3.05, 3.63) is 0 Å². The zero-order valence-corrected chi connectivity index (χ0v) is 11.2. The summed E-state index contributed by atoms with van der Waals surface area (Å²) in [5.41, 5.74) is 0. The molecule has 2 fully saturated rings. The number of amides is 1. The van der Waals surface area contributed by atoms with Gasteiger partial charge in [-0.05, 0) is 25.2 Å². The van der Waals surface area contributed by atoms with Crippen molar-refractivity contribution in [2.24, 2.45) is 11.8 Å². The minimum absolute atomic E-state index is 0.0513. The predicted octanol–water partition coefficient (Wildman–Crippen LogP) is 3.27. The molecule has 0 aromatic carbocycles. The lowest BCUT2D eigenvalue weighted by Gasteiger charge is -2.31. The van der Waals surface area contributed by atoms with Crippen molar-refractivity contribution in [1.29, 1.82) is 0 Å². The third-order valence-electron chi connectivity index (χ3n) is 3.90. The van der Waals surface area contributed by atoms with Crippen LogP contribution in [-0.4, -0.2) is 16.3 Å². The molecule has 4 heteroatoms. The lowest BCUT2D eigenvalue weighted by Crippen LogP contribution is -2.43. The molecule has 2 nitrogen and oxygen atoms in total. The van der Waals surface area contributed by atoms with Gasteiger partial charge < -0.3 is 5.32 Å². The number of halogens is 2. The normalized spacial score (nSPS) is 36.8. The Kier molecular flexibility index (Phi) is 3.70. The number of rotatable bonds is 3. The average Bonchev–Trinajstić information content (AvgIpc) is 2.89. The third kappa shape index (κ3) is 2.65. The summed E-state index contributed by atoms with van der Waals surface area (Å²) in [6, 6.07) is 0.344. The summed E-state index contributed by atoms with van der Waals surface area (Å²) < 4.78 is -0.791. The van der Waals surface area contributed by atoms with Crippen LogP contribution in [0, 0.1) is 11.8 Å². The van der Waals surface area contributed by atoms with E-state index in [1.165, 1.54) is 19.3 Å². The first kappa shape index (κ1) is 12.5. The fraction of sp³-hybridized carbons (Fsp3) is 0.917. The molecule has 3 atom stereocenters. The van der Waals surface area contributed by atoms with Crippen LogP contribution >= 0.6 is 23.2 Å². The first-order valence-corrected chi connectivity index (χ1v) is 6.98. The van der Waals surface area contributed by atoms with Gasteiger partial charge in [0.1, 0.15) is 4.33 Å². The fourth-order valence-corrected chi connectivity index (χ4v) is 3.17. The Morgan fingerprint density at radius 1 is 1.38 bits per heavy atom. The summed E-state index contributed by atoms with van der Waals surface area (Å²) in [7, 11) is 0. The van der Waals surface area contributed by atoms with E-state index in [1.807, 2.05) is 0 Å². The van der Waals surface area contributed by atoms with Crippen molar-refractivity contribution in [3.8, 4) is 0 Å². The quantitative estimate of drug-likeness (QED) is 0.779. The summed E-state index contributed by atoms with van der Waals surface area (Å²) in [5.74, 6) is 0.502. The molecule has 3 unspecified atom stereocenters. The standard InChI is InChI=1S/C12H19Cl2NO/c1-2-8-5-3-4-6-10(8)15-11(16)9-7-12(9,13)14/h8-10H,2-7H2,1H3,(H,15,16). The van der Waals surface area contributed by atoms with Crippen molar-refractivity contribution in [2.75, 3.05) is 0 Å². The molecule has 2 aliphatic rings. The van der Waals surface area contributed by atoms with E-state index in [9.17, 15) is 4.79 Å². The highest BCUT2D eigenvalue weighted by Crippen LogP contribution is 2.53. The summed E-state index contributed by atoms with van der Waals surface area (Å²) in [6.07, 6.45) is 6.60. The monoisotopic (exact) mass is 263 g/mol. The van der Waals surface area contributed by atoms with Gasteiger partial charge in [-0.25, -0.2) is 0 Å². The van der Waals surface area contributed by atoms with Crippen molar-refractivity contribution < 1.29 is 4.79 Å². The van der Waals surface area contributed by atoms with Gasteiger partial charge in [-0.1, -0.05) is 26.2 Å². The molecule has 0 aliphatic heterocycles. The maximum absolute atomic E-state index is 11.9. The molecule has 2 rings (SSSR count). The Morgan fingerprint density at radius 3 is 2.56 bits per heavy atom. The number of hydrogen-bond donors (Lipinski definition) is 1. The second-order valence-corrected chi connectivity index (χ2v) is 6.63. The minimum atomic E-state index is -0.791. The Bertz CT molecular complexity index is 280. The summed E-state index contributed by atoms with van der Waals surface area (Å²) in [4.78, 5) is 11.9. The van der Waals surface area contributed by atoms with Gasteiger partial charge in [0.05, 0.1) is 5.92 Å². The van der Waals surface area contributed by atoms with Gasteiger partial charge >= 0.3 is 0 Å². The molecule has 92 valence electrons. The van der Waals surface area contributed by atoms with Gasteiger partial charge in [-0.2, -0.15) is 0 Å². The van der Waals surface area contributed by atoms with Crippen molar-refractivity contribution in [2.45, 2.75) is 55.8 Å². The van der Waals surface area contributed by atoms with E-state index in [0.717, 1.165) is 12.8 Å². The molecule has 1 amide bonds. The fourth-order valence-electron chi connectivity index (χ4n) is 2.67. The van der Waals surface area contributed by atoms with Gasteiger partial charge in [0, 0.05) is 6.04 Å². The van der Waals surface area contributed by atoms with E-state index in [0.29, 0.717) is 18.4 Å². The summed E-state index contributed by atoms with van der Waals surface area (Å²) in [6.45, 7) is 2.19. The highest BCUT2D eigenvalue weighted by atomic mass is 35.5. The van der Waals surface area contributed by atoms with E-state index >= 15 is 0 Å². The highest BCUT2D eigenvalue weighted by Gasteiger charge is 2.56. The summed E-state index contributed by atoms with van der Waals surface area (Å²) in [5, 5.41) is 3.13. The van der Waals surface area contributed by atoms with Gasteiger partial charge in [0.2, 0.25) is 5.91 Å². The Labute approximate surface area is 107 Å². The van der Waals surface area contributed by atoms with Crippen LogP contribution in [0.3, 0.4) is 0 Å². The number of carbonyl (C=O) groups excluding carboxylic acids is 1. The molecule has 16 heavy (non-hydrogen) atoms. The number of alkyl halides is 2. The maximum Gasteiger partial charge on any atom is 0.226 e. The van der Waals surface area contributed by atoms with Gasteiger partial charge in [-0.3, -0.25) is 4.79 Å². The number of nitrogens with one attached hydrogen (secondary N) is 1. The van der Waals surface area contributed by atoms with E-state index in [2.05, 4.69) is 12.2 Å². The van der Waals surface area contributed by atoms with Crippen LogP contribution in [0.2, 0.25) is 0 Å². The zero-order valence-electron chi connectivity index (χ0n) is 9.64. The smallest absolute Gasteiger partial charge is 0.226 e. The van der Waals surface area contributed by atoms with Crippen LogP contribution in [0.15, 0.2) is 0 Å². The maximum atomic E-state index is 11.9. The van der Waals surface area contributed by atoms with Crippen LogP contribution in [-0.2, 0) is 4.79 Å². The molecule has 0 aromatic rings. The minimum Gasteiger partial charge on any atom is -0.353 e. The molecule has 0 spiro atoms. The van der Waals surface area contributed by atoms with E-state index < -0.39 is 4.33 Å². The van der Waals surface area contributed by atoms with Crippen LogP contribution in [0.1, 0.15) is 45.4 Å². The molecular formula is C12H19Cl2NO. The first-order chi connectivity index (χ1) is 7.54. The molecule has 0 radical (unpaired) electrons. The average molecular weight is 264 g/mol. The third-order valence-corrected chi connectivity index (χ3v) is 4.74. The second-order valence-electron chi connectivity index (χ2n) is 5.09. The topological polar surface area (TPSA) is 29.1 Å². The van der Waals surface area contributed by atoms with E-state index in [4.69, 9.17) is 23.2 Å². The van der Waals surface area contributed by atoms with Gasteiger partial charge in [-0.15, -0.1) is 23.2 Å². The Balaban J connectivity index is 1.86. The number of carbonyl (C=O) groups is 1. The van der Waals surface area contributed by atoms with Crippen LogP contribution in [0.4, 0.5) is 0 Å². The molecular weight excluding hydrogens is 245 g/mol. The molecule has 0 saturated heterocycles. The molecule has 0 bridgehead atoms. The van der Waals surface area contributed by atoms with Gasteiger partial charge in [0.25, 0.3) is 0 Å². The molecule has 2 saturated carbocycles. The zero-order chi connectivity index (χ0) is 11.8. The molecule has 1 N–H and O–H groups in total. The van der Waals surface area contributed by atoms with Gasteiger partial charge in [0.15, 0.2) is 0 Å². The predicted molar refractivity (Wildman–Crippen MR) is 66.7 cm³/mol. The van der Waals surface area contributed by atoms with Crippen LogP contribution < -0.4 is 5.32 Å². The molecule has 0 aromatic heterocycles. The van der Waals surface area contributed by atoms with Crippen LogP contribution in [0.25, 0.3) is 0 Å². The SMILES string of the molecule is CCC1CCCCC1NC(=O)C1CC1(Cl)Cl. The largest absolute Gasteiger partial charge is 0.353 e. The van der Waals surface area contributed by atoms with E-state index in [1.54, 1.807) is 0 Å². The first-order valence-electron chi connectivity index (χ1n) is 6.23. The van der Waals surface area contributed by atoms with Crippen molar-refractivity contribution in [1.82, 2.24) is 5.32 Å². The van der Waals surface area contributed by atoms with Crippen molar-refractivity contribution in [3.63, 3.8) is 0 Å². The molecule has 0 heterocycles. The summed E-state index contributed by atoms with van der Waals surface area (Å²) >= 11 is 11.8. The Hall–Kier alpha value is 0.0500. The molecule has 2 aliphatic carbocycles. The van der Waals surface area contributed by atoms with Crippen LogP contribution in [0.5, 0.6) is 0 Å².